The summed E-state index contributed by atoms with van der Waals surface area (Å²) in [5.41, 5.74) is 2.27. The third-order valence-electron chi connectivity index (χ3n) is 7.81. The lowest BCUT2D eigenvalue weighted by atomic mass is 9.74. The second kappa shape index (κ2) is 9.89. The highest BCUT2D eigenvalue weighted by Crippen LogP contribution is 2.36. The number of halogens is 2. The molecule has 1 aliphatic carbocycles. The first-order valence-electron chi connectivity index (χ1n) is 13.0. The van der Waals surface area contributed by atoms with Crippen molar-refractivity contribution in [3.05, 3.63) is 52.6 Å². The Balaban J connectivity index is 1.39. The molecule has 2 aromatic heterocycles. The van der Waals surface area contributed by atoms with Crippen LogP contribution in [0.1, 0.15) is 62.5 Å². The van der Waals surface area contributed by atoms with E-state index in [0.29, 0.717) is 49.4 Å². The standard InChI is InChI=1S/C28H31ClFN5O4/c1-15(2)19-12-22(16-5-6-21(30)20(29)11-16)32-35-13-23(31-24(19)35)26(37)34-8-7-33(14-28(34,3)4)25(36)17-9-18(10-17)27(38)39/h5-6,11-13,15,17-18H,7-10,14H2,1-4H3,(H,38,39). The van der Waals surface area contributed by atoms with Gasteiger partial charge in [-0.2, -0.15) is 5.10 Å². The van der Waals surface area contributed by atoms with Crippen LogP contribution in [-0.2, 0) is 9.59 Å². The van der Waals surface area contributed by atoms with E-state index in [4.69, 9.17) is 16.7 Å². The predicted molar refractivity (Wildman–Crippen MR) is 143 cm³/mol. The summed E-state index contributed by atoms with van der Waals surface area (Å²) >= 11 is 6.00. The summed E-state index contributed by atoms with van der Waals surface area (Å²) in [6.45, 7) is 8.93. The van der Waals surface area contributed by atoms with E-state index in [1.54, 1.807) is 26.6 Å². The van der Waals surface area contributed by atoms with E-state index < -0.39 is 23.2 Å². The number of carbonyl (C=O) groups is 3. The minimum Gasteiger partial charge on any atom is -0.481 e. The van der Waals surface area contributed by atoms with Crippen LogP contribution in [0.15, 0.2) is 30.5 Å². The van der Waals surface area contributed by atoms with Gasteiger partial charge in [-0.05, 0) is 56.9 Å². The summed E-state index contributed by atoms with van der Waals surface area (Å²) in [6.07, 6.45) is 2.34. The van der Waals surface area contributed by atoms with E-state index >= 15 is 0 Å². The van der Waals surface area contributed by atoms with Gasteiger partial charge in [0.15, 0.2) is 5.65 Å². The molecule has 0 radical (unpaired) electrons. The zero-order valence-electron chi connectivity index (χ0n) is 22.3. The van der Waals surface area contributed by atoms with Crippen LogP contribution in [0.4, 0.5) is 4.39 Å². The van der Waals surface area contributed by atoms with Crippen molar-refractivity contribution in [1.29, 1.82) is 0 Å². The Hall–Kier alpha value is -3.53. The van der Waals surface area contributed by atoms with Gasteiger partial charge in [0.05, 0.1) is 28.4 Å². The third kappa shape index (κ3) is 4.97. The van der Waals surface area contributed by atoms with Crippen LogP contribution in [0.2, 0.25) is 5.02 Å². The van der Waals surface area contributed by atoms with Gasteiger partial charge in [0.25, 0.3) is 5.91 Å². The van der Waals surface area contributed by atoms with Crippen molar-refractivity contribution in [3.63, 3.8) is 0 Å². The van der Waals surface area contributed by atoms with E-state index in [2.05, 4.69) is 10.1 Å². The summed E-state index contributed by atoms with van der Waals surface area (Å²) < 4.78 is 15.3. The van der Waals surface area contributed by atoms with Crippen LogP contribution in [0.3, 0.4) is 0 Å². The summed E-state index contributed by atoms with van der Waals surface area (Å²) in [7, 11) is 0. The number of carbonyl (C=O) groups excluding carboxylic acids is 2. The van der Waals surface area contributed by atoms with E-state index in [1.807, 2.05) is 33.8 Å². The molecule has 39 heavy (non-hydrogen) atoms. The molecule has 2 fully saturated rings. The van der Waals surface area contributed by atoms with Crippen molar-refractivity contribution in [3.8, 4) is 11.3 Å². The fraction of sp³-hybridized carbons (Fsp3) is 0.464. The molecule has 9 nitrogen and oxygen atoms in total. The molecule has 5 rings (SSSR count). The number of rotatable bonds is 5. The number of fused-ring (bicyclic) bond motifs is 1. The fourth-order valence-electron chi connectivity index (χ4n) is 5.46. The molecule has 0 atom stereocenters. The molecule has 11 heteroatoms. The maximum absolute atomic E-state index is 13.7. The van der Waals surface area contributed by atoms with Crippen LogP contribution in [0.25, 0.3) is 16.9 Å². The molecule has 0 unspecified atom stereocenters. The van der Waals surface area contributed by atoms with Crippen LogP contribution in [0, 0.1) is 17.7 Å². The normalized spacial score (nSPS) is 20.8. The monoisotopic (exact) mass is 555 g/mol. The molecule has 1 aliphatic heterocycles. The molecule has 2 amide bonds. The third-order valence-corrected chi connectivity index (χ3v) is 8.10. The van der Waals surface area contributed by atoms with Gasteiger partial charge in [-0.25, -0.2) is 13.9 Å². The quantitative estimate of drug-likeness (QED) is 0.497. The number of amides is 2. The lowest BCUT2D eigenvalue weighted by Crippen LogP contribution is -2.63. The van der Waals surface area contributed by atoms with Crippen molar-refractivity contribution in [2.24, 2.45) is 11.8 Å². The minimum absolute atomic E-state index is 0.000795. The van der Waals surface area contributed by atoms with Crippen LogP contribution in [0.5, 0.6) is 0 Å². The zero-order valence-corrected chi connectivity index (χ0v) is 23.1. The Kier molecular flexibility index (Phi) is 6.86. The molecule has 1 saturated heterocycles. The highest BCUT2D eigenvalue weighted by molar-refractivity contribution is 6.31. The number of carboxylic acids is 1. The number of benzene rings is 1. The molecule has 0 spiro atoms. The fourth-order valence-corrected chi connectivity index (χ4v) is 5.64. The summed E-state index contributed by atoms with van der Waals surface area (Å²) in [4.78, 5) is 45.9. The summed E-state index contributed by atoms with van der Waals surface area (Å²) in [5, 5.41) is 13.8. The average molecular weight is 556 g/mol. The van der Waals surface area contributed by atoms with Gasteiger partial charge in [0.2, 0.25) is 5.91 Å². The number of aliphatic carboxylic acids is 1. The summed E-state index contributed by atoms with van der Waals surface area (Å²) in [5.74, 6) is -2.31. The Bertz CT molecular complexity index is 1480. The molecule has 3 aromatic rings. The molecule has 1 saturated carbocycles. The lowest BCUT2D eigenvalue weighted by molar-refractivity contribution is -0.153. The molecule has 1 N–H and O–H groups in total. The van der Waals surface area contributed by atoms with Crippen LogP contribution >= 0.6 is 11.6 Å². The molecule has 0 bridgehead atoms. The lowest BCUT2D eigenvalue weighted by Gasteiger charge is -2.48. The van der Waals surface area contributed by atoms with Gasteiger partial charge in [-0.1, -0.05) is 25.4 Å². The van der Waals surface area contributed by atoms with Gasteiger partial charge in [0.1, 0.15) is 11.5 Å². The number of piperazine rings is 1. The molecule has 1 aromatic carbocycles. The SMILES string of the molecule is CC(C)c1cc(-c2ccc(F)c(Cl)c2)nn2cc(C(=O)N3CCN(C(=O)C4CC(C(=O)O)C4)CC3(C)C)nc12. The highest BCUT2D eigenvalue weighted by Gasteiger charge is 2.45. The Labute approximate surface area is 230 Å². The Morgan fingerprint density at radius 3 is 2.46 bits per heavy atom. The first-order valence-corrected chi connectivity index (χ1v) is 13.4. The number of carboxylic acid groups (broad SMARTS) is 1. The topological polar surface area (TPSA) is 108 Å². The maximum Gasteiger partial charge on any atom is 0.306 e. The number of imidazole rings is 1. The van der Waals surface area contributed by atoms with Gasteiger partial charge >= 0.3 is 5.97 Å². The second-order valence-corrected chi connectivity index (χ2v) is 11.8. The van der Waals surface area contributed by atoms with Crippen molar-refractivity contribution < 1.29 is 23.9 Å². The number of nitrogens with zero attached hydrogens (tertiary/aromatic N) is 5. The average Bonchev–Trinajstić information content (AvgIpc) is 3.27. The first kappa shape index (κ1) is 27.1. The summed E-state index contributed by atoms with van der Waals surface area (Å²) in [6, 6.07) is 6.31. The van der Waals surface area contributed by atoms with E-state index in [0.717, 1.165) is 5.56 Å². The van der Waals surface area contributed by atoms with Crippen LogP contribution < -0.4 is 0 Å². The smallest absolute Gasteiger partial charge is 0.306 e. The largest absolute Gasteiger partial charge is 0.481 e. The molecule has 3 heterocycles. The maximum atomic E-state index is 13.7. The highest BCUT2D eigenvalue weighted by atomic mass is 35.5. The molecule has 206 valence electrons. The van der Waals surface area contributed by atoms with Crippen molar-refractivity contribution in [2.75, 3.05) is 19.6 Å². The minimum atomic E-state index is -0.856. The molecular formula is C28H31ClFN5O4. The van der Waals surface area contributed by atoms with Gasteiger partial charge < -0.3 is 14.9 Å². The van der Waals surface area contributed by atoms with Crippen molar-refractivity contribution >= 4 is 35.0 Å². The number of hydrogen-bond donors (Lipinski definition) is 1. The van der Waals surface area contributed by atoms with Crippen molar-refractivity contribution in [2.45, 2.75) is 52.0 Å². The number of aromatic nitrogens is 3. The van der Waals surface area contributed by atoms with Gasteiger partial charge in [-0.15, -0.1) is 0 Å². The van der Waals surface area contributed by atoms with E-state index in [9.17, 15) is 18.8 Å². The number of hydrogen-bond acceptors (Lipinski definition) is 5. The first-order chi connectivity index (χ1) is 18.4. The predicted octanol–water partition coefficient (Wildman–Crippen LogP) is 4.49. The van der Waals surface area contributed by atoms with Crippen LogP contribution in [-0.4, -0.2) is 72.5 Å². The van der Waals surface area contributed by atoms with Gasteiger partial charge in [0, 0.05) is 36.7 Å². The van der Waals surface area contributed by atoms with E-state index in [1.165, 1.54) is 12.1 Å². The Morgan fingerprint density at radius 1 is 1.13 bits per heavy atom. The Morgan fingerprint density at radius 2 is 1.85 bits per heavy atom. The van der Waals surface area contributed by atoms with Gasteiger partial charge in [-0.3, -0.25) is 14.4 Å². The van der Waals surface area contributed by atoms with E-state index in [-0.39, 0.29) is 34.4 Å². The molecular weight excluding hydrogens is 525 g/mol. The second-order valence-electron chi connectivity index (χ2n) is 11.4. The zero-order chi connectivity index (χ0) is 28.2. The molecule has 2 aliphatic rings. The van der Waals surface area contributed by atoms with Crippen molar-refractivity contribution in [1.82, 2.24) is 24.4 Å².